The van der Waals surface area contributed by atoms with E-state index in [4.69, 9.17) is 0 Å². The predicted octanol–water partition coefficient (Wildman–Crippen LogP) is 1.78. The van der Waals surface area contributed by atoms with Crippen LogP contribution in [0.15, 0.2) is 12.2 Å². The second-order valence-corrected chi connectivity index (χ2v) is 4.97. The minimum atomic E-state index is 0.758. The van der Waals surface area contributed by atoms with Crippen LogP contribution in [0.1, 0.15) is 32.6 Å². The van der Waals surface area contributed by atoms with Crippen molar-refractivity contribution < 1.29 is 0 Å². The van der Waals surface area contributed by atoms with Crippen LogP contribution in [0.2, 0.25) is 0 Å². The van der Waals surface area contributed by atoms with Crippen molar-refractivity contribution in [1.29, 1.82) is 0 Å². The minimum absolute atomic E-state index is 0.758. The Morgan fingerprint density at radius 1 is 1.36 bits per heavy atom. The fourth-order valence-corrected chi connectivity index (χ4v) is 3.08. The van der Waals surface area contributed by atoms with Crippen molar-refractivity contribution >= 4 is 0 Å². The number of hydrogen-bond acceptors (Lipinski definition) is 2. The molecule has 0 saturated carbocycles. The molecule has 2 fully saturated rings. The Labute approximate surface area is 87.4 Å². The molecule has 0 aromatic heterocycles. The monoisotopic (exact) mass is 194 g/mol. The van der Waals surface area contributed by atoms with E-state index >= 15 is 0 Å². The summed E-state index contributed by atoms with van der Waals surface area (Å²) in [5.41, 5.74) is 1.31. The molecule has 0 aliphatic carbocycles. The smallest absolute Gasteiger partial charge is 0.0193 e. The summed E-state index contributed by atoms with van der Waals surface area (Å²) in [6.45, 7) is 7.29. The van der Waals surface area contributed by atoms with E-state index in [0.717, 1.165) is 24.7 Å². The number of hydrogen-bond donors (Lipinski definition) is 1. The average molecular weight is 194 g/mol. The Balaban J connectivity index is 1.99. The lowest BCUT2D eigenvalue weighted by molar-refractivity contribution is 0.131. The highest BCUT2D eigenvalue weighted by Crippen LogP contribution is 2.35. The summed E-state index contributed by atoms with van der Waals surface area (Å²) in [6, 6.07) is 2.40. The molecule has 0 spiro atoms. The topological polar surface area (TPSA) is 15.3 Å². The number of nitrogens with one attached hydrogen (secondary N) is 1. The first-order valence-corrected chi connectivity index (χ1v) is 5.78. The second-order valence-electron chi connectivity index (χ2n) is 4.97. The third-order valence-corrected chi connectivity index (χ3v) is 3.75. The standard InChI is InChI=1S/C12H22N2/c1-9(2)8-14-11-4-5-12(14)7-10(6-11)13-3/h10-13H,1,4-8H2,2-3H3. The molecule has 2 aliphatic heterocycles. The molecule has 0 aromatic carbocycles. The molecule has 14 heavy (non-hydrogen) atoms. The Kier molecular flexibility index (Phi) is 2.93. The maximum atomic E-state index is 4.03. The number of fused-ring (bicyclic) bond motifs is 2. The van der Waals surface area contributed by atoms with Crippen LogP contribution in [0.5, 0.6) is 0 Å². The van der Waals surface area contributed by atoms with Crippen molar-refractivity contribution in [2.24, 2.45) is 0 Å². The summed E-state index contributed by atoms with van der Waals surface area (Å²) in [4.78, 5) is 2.68. The van der Waals surface area contributed by atoms with E-state index in [-0.39, 0.29) is 0 Å². The normalized spacial score (nSPS) is 37.4. The summed E-state index contributed by atoms with van der Waals surface area (Å²) < 4.78 is 0. The first kappa shape index (κ1) is 10.2. The molecular formula is C12H22N2. The van der Waals surface area contributed by atoms with Crippen molar-refractivity contribution in [3.63, 3.8) is 0 Å². The Hall–Kier alpha value is -0.340. The number of nitrogens with zero attached hydrogens (tertiary/aromatic N) is 1. The van der Waals surface area contributed by atoms with Gasteiger partial charge < -0.3 is 5.32 Å². The van der Waals surface area contributed by atoms with Crippen LogP contribution in [0.25, 0.3) is 0 Å². The highest BCUT2D eigenvalue weighted by atomic mass is 15.2. The molecule has 2 bridgehead atoms. The maximum absolute atomic E-state index is 4.03. The lowest BCUT2D eigenvalue weighted by Crippen LogP contribution is -2.48. The molecule has 2 saturated heterocycles. The number of rotatable bonds is 3. The van der Waals surface area contributed by atoms with Crippen LogP contribution >= 0.6 is 0 Å². The molecule has 2 rings (SSSR count). The van der Waals surface area contributed by atoms with E-state index in [2.05, 4.69) is 30.8 Å². The molecule has 0 aromatic rings. The Morgan fingerprint density at radius 3 is 2.36 bits per heavy atom. The molecule has 2 heterocycles. The van der Waals surface area contributed by atoms with Crippen LogP contribution in [-0.4, -0.2) is 36.6 Å². The molecule has 80 valence electrons. The average Bonchev–Trinajstić information content (AvgIpc) is 2.38. The van der Waals surface area contributed by atoms with Gasteiger partial charge in [-0.1, -0.05) is 12.2 Å². The molecule has 0 amide bonds. The molecular weight excluding hydrogens is 172 g/mol. The summed E-state index contributed by atoms with van der Waals surface area (Å²) in [7, 11) is 2.10. The van der Waals surface area contributed by atoms with E-state index < -0.39 is 0 Å². The highest BCUT2D eigenvalue weighted by Gasteiger charge is 2.39. The van der Waals surface area contributed by atoms with Gasteiger partial charge in [0.1, 0.15) is 0 Å². The lowest BCUT2D eigenvalue weighted by atomic mass is 9.97. The van der Waals surface area contributed by atoms with Gasteiger partial charge in [-0.3, -0.25) is 4.90 Å². The van der Waals surface area contributed by atoms with E-state index in [1.807, 2.05) is 0 Å². The zero-order valence-electron chi connectivity index (χ0n) is 9.42. The third kappa shape index (κ3) is 1.86. The van der Waals surface area contributed by atoms with Crippen LogP contribution in [0.3, 0.4) is 0 Å². The first-order chi connectivity index (χ1) is 6.70. The zero-order valence-corrected chi connectivity index (χ0v) is 9.42. The van der Waals surface area contributed by atoms with Crippen molar-refractivity contribution in [3.05, 3.63) is 12.2 Å². The maximum Gasteiger partial charge on any atom is 0.0193 e. The molecule has 2 aliphatic rings. The van der Waals surface area contributed by atoms with E-state index in [0.29, 0.717) is 0 Å². The molecule has 0 radical (unpaired) electrons. The van der Waals surface area contributed by atoms with E-state index in [9.17, 15) is 0 Å². The lowest BCUT2D eigenvalue weighted by Gasteiger charge is -2.39. The molecule has 1 N–H and O–H groups in total. The zero-order chi connectivity index (χ0) is 10.1. The van der Waals surface area contributed by atoms with Crippen molar-refractivity contribution in [3.8, 4) is 0 Å². The fourth-order valence-electron chi connectivity index (χ4n) is 3.08. The van der Waals surface area contributed by atoms with E-state index in [1.165, 1.54) is 31.3 Å². The van der Waals surface area contributed by atoms with E-state index in [1.54, 1.807) is 0 Å². The van der Waals surface area contributed by atoms with Gasteiger partial charge in [0, 0.05) is 24.7 Å². The fraction of sp³-hybridized carbons (Fsp3) is 0.833. The van der Waals surface area contributed by atoms with Crippen molar-refractivity contribution in [2.45, 2.75) is 50.7 Å². The van der Waals surface area contributed by atoms with Gasteiger partial charge in [-0.25, -0.2) is 0 Å². The van der Waals surface area contributed by atoms with Crippen molar-refractivity contribution in [2.75, 3.05) is 13.6 Å². The largest absolute Gasteiger partial charge is 0.317 e. The second kappa shape index (κ2) is 4.03. The van der Waals surface area contributed by atoms with Gasteiger partial charge >= 0.3 is 0 Å². The molecule has 2 heteroatoms. The predicted molar refractivity (Wildman–Crippen MR) is 60.4 cm³/mol. The van der Waals surface area contributed by atoms with Crippen LogP contribution in [0, 0.1) is 0 Å². The molecule has 2 atom stereocenters. The summed E-state index contributed by atoms with van der Waals surface area (Å²) in [6.07, 6.45) is 5.47. The Morgan fingerprint density at radius 2 is 1.93 bits per heavy atom. The van der Waals surface area contributed by atoms with Gasteiger partial charge in [0.15, 0.2) is 0 Å². The summed E-state index contributed by atoms with van der Waals surface area (Å²) in [5.74, 6) is 0. The SMILES string of the molecule is C=C(C)CN1C2CCC1CC(NC)C2. The Bertz CT molecular complexity index is 210. The summed E-state index contributed by atoms with van der Waals surface area (Å²) >= 11 is 0. The van der Waals surface area contributed by atoms with Gasteiger partial charge in [-0.2, -0.15) is 0 Å². The van der Waals surface area contributed by atoms with Gasteiger partial charge in [-0.05, 0) is 39.7 Å². The quantitative estimate of drug-likeness (QED) is 0.689. The molecule has 2 unspecified atom stereocenters. The number of piperidine rings is 1. The van der Waals surface area contributed by atoms with Crippen LogP contribution in [-0.2, 0) is 0 Å². The van der Waals surface area contributed by atoms with Crippen LogP contribution in [0.4, 0.5) is 0 Å². The van der Waals surface area contributed by atoms with Gasteiger partial charge in [0.25, 0.3) is 0 Å². The van der Waals surface area contributed by atoms with Crippen molar-refractivity contribution in [1.82, 2.24) is 10.2 Å². The highest BCUT2D eigenvalue weighted by molar-refractivity contribution is 5.03. The first-order valence-electron chi connectivity index (χ1n) is 5.78. The van der Waals surface area contributed by atoms with Gasteiger partial charge in [0.2, 0.25) is 0 Å². The third-order valence-electron chi connectivity index (χ3n) is 3.75. The summed E-state index contributed by atoms with van der Waals surface area (Å²) in [5, 5.41) is 3.43. The van der Waals surface area contributed by atoms with Gasteiger partial charge in [0.05, 0.1) is 0 Å². The van der Waals surface area contributed by atoms with Crippen LogP contribution < -0.4 is 5.32 Å². The minimum Gasteiger partial charge on any atom is -0.317 e. The molecule has 2 nitrogen and oxygen atoms in total. The van der Waals surface area contributed by atoms with Gasteiger partial charge in [-0.15, -0.1) is 0 Å².